The Balaban J connectivity index is 1.62. The number of nitrogens with zero attached hydrogens (tertiary/aromatic N) is 5. The van der Waals surface area contributed by atoms with Crippen molar-refractivity contribution in [3.8, 4) is 11.4 Å². The summed E-state index contributed by atoms with van der Waals surface area (Å²) in [6.07, 6.45) is 2.04. The van der Waals surface area contributed by atoms with E-state index in [0.29, 0.717) is 23.0 Å². The van der Waals surface area contributed by atoms with Crippen molar-refractivity contribution >= 4 is 32.8 Å². The van der Waals surface area contributed by atoms with Crippen LogP contribution in [-0.2, 0) is 22.3 Å². The fourth-order valence-electron chi connectivity index (χ4n) is 3.47. The molecule has 2 aromatic carbocycles. The predicted molar refractivity (Wildman–Crippen MR) is 130 cm³/mol. The molecule has 0 aliphatic heterocycles. The third kappa shape index (κ3) is 4.83. The van der Waals surface area contributed by atoms with Crippen LogP contribution in [0, 0.1) is 6.92 Å². The minimum Gasteiger partial charge on any atom is -0.338 e. The van der Waals surface area contributed by atoms with Gasteiger partial charge in [-0.1, -0.05) is 54.5 Å². The van der Waals surface area contributed by atoms with E-state index in [4.69, 9.17) is 9.51 Å². The highest BCUT2D eigenvalue weighted by atomic mass is 32.2. The third-order valence-corrected chi connectivity index (χ3v) is 8.15. The summed E-state index contributed by atoms with van der Waals surface area (Å²) in [6, 6.07) is 13.0. The topological polar surface area (TPSA) is 94.1 Å². The van der Waals surface area contributed by atoms with Gasteiger partial charge in [0.05, 0.1) is 21.7 Å². The first-order valence-electron chi connectivity index (χ1n) is 10.8. The summed E-state index contributed by atoms with van der Waals surface area (Å²) in [7, 11) is -0.479. The molecule has 0 atom stereocenters. The molecule has 0 N–H and O–H groups in total. The molecule has 0 saturated carbocycles. The summed E-state index contributed by atoms with van der Waals surface area (Å²) in [5, 5.41) is 4.93. The van der Waals surface area contributed by atoms with Gasteiger partial charge in [0.15, 0.2) is 5.16 Å². The number of thioether (sulfide) groups is 1. The molecule has 2 aromatic heterocycles. The van der Waals surface area contributed by atoms with Gasteiger partial charge < -0.3 is 9.09 Å². The molecule has 2 heterocycles. The van der Waals surface area contributed by atoms with E-state index in [1.165, 1.54) is 30.2 Å². The zero-order chi connectivity index (χ0) is 23.6. The van der Waals surface area contributed by atoms with Crippen LogP contribution in [0.15, 0.2) is 57.0 Å². The lowest BCUT2D eigenvalue weighted by molar-refractivity contribution is 0.391. The maximum Gasteiger partial charge on any atom is 0.242 e. The molecular weight excluding hydrogens is 458 g/mol. The van der Waals surface area contributed by atoms with Crippen molar-refractivity contribution in [3.05, 3.63) is 53.9 Å². The molecular formula is C23H27N5O3S2. The lowest BCUT2D eigenvalue weighted by Gasteiger charge is -2.11. The molecule has 10 heteroatoms. The van der Waals surface area contributed by atoms with Gasteiger partial charge in [0.25, 0.3) is 0 Å². The highest BCUT2D eigenvalue weighted by Gasteiger charge is 2.20. The number of hydrogen-bond acceptors (Lipinski definition) is 7. The quantitative estimate of drug-likeness (QED) is 0.316. The lowest BCUT2D eigenvalue weighted by Crippen LogP contribution is -2.22. The Kier molecular flexibility index (Phi) is 6.87. The second-order valence-electron chi connectivity index (χ2n) is 7.95. The number of hydrogen-bond donors (Lipinski definition) is 0. The first-order valence-corrected chi connectivity index (χ1v) is 13.2. The molecule has 0 saturated heterocycles. The van der Waals surface area contributed by atoms with Gasteiger partial charge in [-0.15, -0.1) is 0 Å². The average molecular weight is 486 g/mol. The number of imidazole rings is 1. The van der Waals surface area contributed by atoms with Gasteiger partial charge in [-0.05, 0) is 37.1 Å². The molecule has 4 aromatic rings. The summed E-state index contributed by atoms with van der Waals surface area (Å²) in [5.41, 5.74) is 3.60. The maximum absolute atomic E-state index is 12.6. The van der Waals surface area contributed by atoms with Gasteiger partial charge in [-0.25, -0.2) is 17.7 Å². The first kappa shape index (κ1) is 23.5. The predicted octanol–water partition coefficient (Wildman–Crippen LogP) is 4.74. The number of rotatable bonds is 9. The molecule has 174 valence electrons. The molecule has 0 unspecified atom stereocenters. The Bertz CT molecular complexity index is 1380. The van der Waals surface area contributed by atoms with Crippen LogP contribution < -0.4 is 0 Å². The van der Waals surface area contributed by atoms with Gasteiger partial charge in [0.2, 0.25) is 21.7 Å². The normalized spacial score (nSPS) is 12.2. The van der Waals surface area contributed by atoms with Crippen LogP contribution in [0.3, 0.4) is 0 Å². The molecule has 0 spiro atoms. The molecule has 0 fully saturated rings. The van der Waals surface area contributed by atoms with Crippen molar-refractivity contribution in [2.24, 2.45) is 0 Å². The smallest absolute Gasteiger partial charge is 0.242 e. The third-order valence-electron chi connectivity index (χ3n) is 5.38. The van der Waals surface area contributed by atoms with Crippen molar-refractivity contribution < 1.29 is 12.9 Å². The van der Waals surface area contributed by atoms with E-state index in [9.17, 15) is 8.42 Å². The molecule has 0 amide bonds. The molecule has 0 radical (unpaired) electrons. The average Bonchev–Trinajstić information content (AvgIpc) is 3.40. The van der Waals surface area contributed by atoms with Crippen LogP contribution in [-0.4, -0.2) is 46.5 Å². The SMILES string of the molecule is CCCCn1c(SCc2nc(-c3ccccc3C)no2)nc2cc(S(=O)(=O)N(C)C)ccc21. The van der Waals surface area contributed by atoms with E-state index in [2.05, 4.69) is 21.6 Å². The number of unbranched alkanes of at least 4 members (excludes halogenated alkanes) is 1. The standard InChI is InChI=1S/C23H27N5O3S2/c1-5-6-13-28-20-12-11-17(33(29,30)27(3)4)14-19(20)24-23(28)32-15-21-25-22(26-31-21)18-10-8-7-9-16(18)2/h7-12,14H,5-6,13,15H2,1-4H3. The second-order valence-corrected chi connectivity index (χ2v) is 11.0. The number of fused-ring (bicyclic) bond motifs is 1. The fraction of sp³-hybridized carbons (Fsp3) is 0.348. The highest BCUT2D eigenvalue weighted by Crippen LogP contribution is 2.30. The van der Waals surface area contributed by atoms with Crippen LogP contribution in [0.1, 0.15) is 31.2 Å². The van der Waals surface area contributed by atoms with Gasteiger partial charge in [0, 0.05) is 26.2 Å². The van der Waals surface area contributed by atoms with Crippen molar-refractivity contribution in [2.75, 3.05) is 14.1 Å². The van der Waals surface area contributed by atoms with Gasteiger partial charge >= 0.3 is 0 Å². The number of benzene rings is 2. The maximum atomic E-state index is 12.6. The zero-order valence-electron chi connectivity index (χ0n) is 19.1. The Labute approximate surface area is 198 Å². The van der Waals surface area contributed by atoms with E-state index in [0.717, 1.165) is 41.2 Å². The lowest BCUT2D eigenvalue weighted by atomic mass is 10.1. The molecule has 0 bridgehead atoms. The van der Waals surface area contributed by atoms with Crippen LogP contribution in [0.5, 0.6) is 0 Å². The van der Waals surface area contributed by atoms with Crippen LogP contribution in [0.2, 0.25) is 0 Å². The Morgan fingerprint density at radius 2 is 1.91 bits per heavy atom. The molecule has 8 nitrogen and oxygen atoms in total. The van der Waals surface area contributed by atoms with E-state index < -0.39 is 10.0 Å². The Morgan fingerprint density at radius 1 is 1.12 bits per heavy atom. The van der Waals surface area contributed by atoms with E-state index in [-0.39, 0.29) is 4.90 Å². The number of aromatic nitrogens is 4. The van der Waals surface area contributed by atoms with Crippen molar-refractivity contribution in [2.45, 2.75) is 49.0 Å². The van der Waals surface area contributed by atoms with Crippen molar-refractivity contribution in [1.29, 1.82) is 0 Å². The minimum absolute atomic E-state index is 0.233. The number of aryl methyl sites for hydroxylation is 2. The van der Waals surface area contributed by atoms with Crippen molar-refractivity contribution in [1.82, 2.24) is 24.0 Å². The fourth-order valence-corrected chi connectivity index (χ4v) is 5.27. The largest absolute Gasteiger partial charge is 0.338 e. The zero-order valence-corrected chi connectivity index (χ0v) is 20.8. The van der Waals surface area contributed by atoms with Crippen molar-refractivity contribution in [3.63, 3.8) is 0 Å². The van der Waals surface area contributed by atoms with Crippen LogP contribution >= 0.6 is 11.8 Å². The monoisotopic (exact) mass is 485 g/mol. The highest BCUT2D eigenvalue weighted by molar-refractivity contribution is 7.98. The van der Waals surface area contributed by atoms with Gasteiger partial charge in [-0.2, -0.15) is 4.98 Å². The van der Waals surface area contributed by atoms with Crippen LogP contribution in [0.4, 0.5) is 0 Å². The summed E-state index contributed by atoms with van der Waals surface area (Å²) in [4.78, 5) is 9.53. The molecule has 0 aliphatic rings. The molecule has 33 heavy (non-hydrogen) atoms. The van der Waals surface area contributed by atoms with E-state index >= 15 is 0 Å². The second kappa shape index (κ2) is 9.66. The summed E-state index contributed by atoms with van der Waals surface area (Å²) in [6.45, 7) is 4.95. The summed E-state index contributed by atoms with van der Waals surface area (Å²) >= 11 is 1.50. The molecule has 0 aliphatic carbocycles. The van der Waals surface area contributed by atoms with E-state index in [1.807, 2.05) is 37.3 Å². The summed E-state index contributed by atoms with van der Waals surface area (Å²) in [5.74, 6) is 1.56. The Hall–Kier alpha value is -2.69. The molecule has 4 rings (SSSR count). The first-order chi connectivity index (χ1) is 15.8. The number of sulfonamides is 1. The minimum atomic E-state index is -3.53. The van der Waals surface area contributed by atoms with Gasteiger partial charge in [-0.3, -0.25) is 0 Å². The van der Waals surface area contributed by atoms with E-state index in [1.54, 1.807) is 12.1 Å². The van der Waals surface area contributed by atoms with Crippen LogP contribution in [0.25, 0.3) is 22.4 Å². The Morgan fingerprint density at radius 3 is 2.64 bits per heavy atom. The van der Waals surface area contributed by atoms with Gasteiger partial charge in [0.1, 0.15) is 0 Å². The summed E-state index contributed by atoms with van der Waals surface area (Å²) < 4.78 is 33.9.